The van der Waals surface area contributed by atoms with Crippen LogP contribution in [0, 0.1) is 13.8 Å². The van der Waals surface area contributed by atoms with Crippen LogP contribution in [0.5, 0.6) is 5.75 Å². The maximum absolute atomic E-state index is 13.8. The second kappa shape index (κ2) is 10.8. The van der Waals surface area contributed by atoms with E-state index in [2.05, 4.69) is 18.8 Å². The summed E-state index contributed by atoms with van der Waals surface area (Å²) in [7, 11) is 1.35. The van der Waals surface area contributed by atoms with Gasteiger partial charge in [-0.2, -0.15) is 0 Å². The molecule has 220 valence electrons. The van der Waals surface area contributed by atoms with Crippen molar-refractivity contribution < 1.29 is 23.7 Å². The summed E-state index contributed by atoms with van der Waals surface area (Å²) < 4.78 is 25.7. The van der Waals surface area contributed by atoms with Crippen molar-refractivity contribution in [2.24, 2.45) is 0 Å². The minimum absolute atomic E-state index is 0.0935. The largest absolute Gasteiger partial charge is 0.491 e. The van der Waals surface area contributed by atoms with Gasteiger partial charge in [0.1, 0.15) is 18.2 Å². The topological polar surface area (TPSA) is 102 Å². The van der Waals surface area contributed by atoms with Crippen LogP contribution < -0.4 is 10.3 Å². The summed E-state index contributed by atoms with van der Waals surface area (Å²) in [5.74, 6) is 0.0238. The van der Waals surface area contributed by atoms with Crippen molar-refractivity contribution in [3.05, 3.63) is 73.4 Å². The third-order valence-electron chi connectivity index (χ3n) is 7.93. The highest BCUT2D eigenvalue weighted by Gasteiger charge is 2.49. The molecule has 0 radical (unpaired) electrons. The number of aryl methyl sites for hydroxylation is 2. The zero-order valence-corrected chi connectivity index (χ0v) is 25.8. The number of hydrogen-bond acceptors (Lipinski definition) is 9. The molecule has 11 heteroatoms. The lowest BCUT2D eigenvalue weighted by molar-refractivity contribution is -0.175. The summed E-state index contributed by atoms with van der Waals surface area (Å²) in [6.07, 6.45) is 1.03. The molecule has 0 bridgehead atoms. The molecule has 1 fully saturated rings. The molecule has 6 rings (SSSR count). The fourth-order valence-corrected chi connectivity index (χ4v) is 7.33. The molecule has 0 unspecified atom stereocenters. The highest BCUT2D eigenvalue weighted by molar-refractivity contribution is 7.18. The Morgan fingerprint density at radius 1 is 1.14 bits per heavy atom. The number of fused-ring (bicyclic) bond motifs is 2. The van der Waals surface area contributed by atoms with Gasteiger partial charge in [0.05, 0.1) is 48.3 Å². The van der Waals surface area contributed by atoms with Gasteiger partial charge in [-0.15, -0.1) is 11.3 Å². The number of halogens is 1. The smallest absolute Gasteiger partial charge is 0.340 e. The Labute approximate surface area is 252 Å². The average molecular weight is 610 g/mol. The van der Waals surface area contributed by atoms with Crippen molar-refractivity contribution in [2.45, 2.75) is 58.3 Å². The molecule has 1 aromatic carbocycles. The maximum atomic E-state index is 13.8. The van der Waals surface area contributed by atoms with Gasteiger partial charge in [-0.3, -0.25) is 14.3 Å². The highest BCUT2D eigenvalue weighted by Crippen LogP contribution is 2.44. The molecule has 0 amide bonds. The van der Waals surface area contributed by atoms with Crippen LogP contribution >= 0.6 is 22.9 Å². The first kappa shape index (κ1) is 28.8. The van der Waals surface area contributed by atoms with Gasteiger partial charge < -0.3 is 18.9 Å². The normalized spacial score (nSPS) is 17.0. The lowest BCUT2D eigenvalue weighted by Gasteiger charge is -2.41. The predicted octanol–water partition coefficient (Wildman–Crippen LogP) is 5.62. The molecule has 9 nitrogen and oxygen atoms in total. The maximum Gasteiger partial charge on any atom is 0.340 e. The van der Waals surface area contributed by atoms with E-state index in [4.69, 9.17) is 35.5 Å². The minimum Gasteiger partial charge on any atom is -0.491 e. The Balaban J connectivity index is 1.31. The Morgan fingerprint density at radius 2 is 1.90 bits per heavy atom. The van der Waals surface area contributed by atoms with Gasteiger partial charge in [0.2, 0.25) is 0 Å². The van der Waals surface area contributed by atoms with Crippen LogP contribution in [0.15, 0.2) is 34.4 Å². The first-order chi connectivity index (χ1) is 20.0. The van der Waals surface area contributed by atoms with E-state index in [1.54, 1.807) is 16.0 Å². The number of rotatable bonds is 6. The Hall–Kier alpha value is -3.31. The second-order valence-electron chi connectivity index (χ2n) is 11.4. The number of carbonyl (C=O) groups excluding carboxylic acids is 1. The Kier molecular flexibility index (Phi) is 7.37. The number of esters is 1. The zero-order chi connectivity index (χ0) is 29.8. The van der Waals surface area contributed by atoms with Gasteiger partial charge in [-0.25, -0.2) is 9.78 Å². The summed E-state index contributed by atoms with van der Waals surface area (Å²) in [5.41, 5.74) is 4.34. The first-order valence-electron chi connectivity index (χ1n) is 13.8. The van der Waals surface area contributed by atoms with E-state index in [0.717, 1.165) is 27.2 Å². The number of ether oxygens (including phenoxy) is 4. The van der Waals surface area contributed by atoms with Gasteiger partial charge in [0.25, 0.3) is 5.56 Å². The van der Waals surface area contributed by atoms with Crippen molar-refractivity contribution in [2.75, 3.05) is 26.9 Å². The summed E-state index contributed by atoms with van der Waals surface area (Å²) in [6, 6.07) is 7.37. The van der Waals surface area contributed by atoms with E-state index < -0.39 is 11.8 Å². The molecule has 2 aliphatic rings. The zero-order valence-electron chi connectivity index (χ0n) is 24.2. The number of thiophene rings is 1. The third-order valence-corrected chi connectivity index (χ3v) is 9.16. The van der Waals surface area contributed by atoms with Crippen LogP contribution in [0.3, 0.4) is 0 Å². The SMILES string of the molecule is COC(=O)c1csc2c(-c3cc(Cl)ccc3OCCn3c(C)nc4c(c3=O)CC3(CC4(C)C)OCCO3)cc(C)nc12. The highest BCUT2D eigenvalue weighted by atomic mass is 35.5. The molecule has 4 aromatic rings. The van der Waals surface area contributed by atoms with Gasteiger partial charge in [0, 0.05) is 51.0 Å². The number of pyridine rings is 1. The van der Waals surface area contributed by atoms with E-state index in [0.29, 0.717) is 65.8 Å². The first-order valence-corrected chi connectivity index (χ1v) is 15.1. The lowest BCUT2D eigenvalue weighted by atomic mass is 9.73. The molecule has 1 aliphatic carbocycles. The molecule has 0 atom stereocenters. The number of hydrogen-bond donors (Lipinski definition) is 0. The molecule has 1 aliphatic heterocycles. The monoisotopic (exact) mass is 609 g/mol. The molecule has 1 saturated heterocycles. The fourth-order valence-electron chi connectivity index (χ4n) is 6.15. The summed E-state index contributed by atoms with van der Waals surface area (Å²) in [6.45, 7) is 9.46. The van der Waals surface area contributed by atoms with E-state index in [9.17, 15) is 9.59 Å². The molecular weight excluding hydrogens is 578 g/mol. The number of carbonyl (C=O) groups is 1. The molecule has 1 spiro atoms. The number of benzene rings is 1. The van der Waals surface area contributed by atoms with E-state index in [1.165, 1.54) is 18.4 Å². The fraction of sp³-hybridized carbons (Fsp3) is 0.419. The van der Waals surface area contributed by atoms with Crippen molar-refractivity contribution in [1.29, 1.82) is 0 Å². The van der Waals surface area contributed by atoms with Crippen LogP contribution in [0.25, 0.3) is 21.3 Å². The molecule has 42 heavy (non-hydrogen) atoms. The van der Waals surface area contributed by atoms with Gasteiger partial charge in [-0.05, 0) is 38.1 Å². The molecule has 4 heterocycles. The number of nitrogens with zero attached hydrogens (tertiary/aromatic N) is 3. The Bertz CT molecular complexity index is 1770. The average Bonchev–Trinajstić information content (AvgIpc) is 3.58. The number of aromatic nitrogens is 3. The summed E-state index contributed by atoms with van der Waals surface area (Å²) in [5, 5.41) is 2.30. The lowest BCUT2D eigenvalue weighted by Crippen LogP contribution is -2.49. The van der Waals surface area contributed by atoms with Crippen molar-refractivity contribution >= 4 is 39.1 Å². The summed E-state index contributed by atoms with van der Waals surface area (Å²) >= 11 is 7.84. The van der Waals surface area contributed by atoms with Gasteiger partial charge in [-0.1, -0.05) is 25.4 Å². The molecule has 3 aromatic heterocycles. The van der Waals surface area contributed by atoms with Crippen molar-refractivity contribution in [3.63, 3.8) is 0 Å². The predicted molar refractivity (Wildman–Crippen MR) is 161 cm³/mol. The number of methoxy groups -OCH3 is 1. The summed E-state index contributed by atoms with van der Waals surface area (Å²) in [4.78, 5) is 35.6. The van der Waals surface area contributed by atoms with Gasteiger partial charge >= 0.3 is 5.97 Å². The quantitative estimate of drug-likeness (QED) is 0.260. The van der Waals surface area contributed by atoms with E-state index in [-0.39, 0.29) is 17.6 Å². The van der Waals surface area contributed by atoms with Crippen molar-refractivity contribution in [3.8, 4) is 16.9 Å². The van der Waals surface area contributed by atoms with Crippen LogP contribution in [0.2, 0.25) is 5.02 Å². The van der Waals surface area contributed by atoms with Crippen LogP contribution in [-0.2, 0) is 32.6 Å². The Morgan fingerprint density at radius 3 is 2.64 bits per heavy atom. The van der Waals surface area contributed by atoms with E-state index >= 15 is 0 Å². The van der Waals surface area contributed by atoms with Crippen LogP contribution in [0.1, 0.15) is 53.4 Å². The molecule has 0 N–H and O–H groups in total. The molecule has 0 saturated carbocycles. The van der Waals surface area contributed by atoms with Crippen LogP contribution in [0.4, 0.5) is 0 Å². The van der Waals surface area contributed by atoms with Crippen molar-refractivity contribution in [1.82, 2.24) is 14.5 Å². The standard InChI is InChI=1S/C31H32ClN3O6S/c1-17-12-21(26-25(33-17)23(15-42-26)29(37)38-5)20-13-19(32)6-7-24(20)39-9-8-35-18(2)34-27-22(28(35)36)14-31(16-30(27,3)4)40-10-11-41-31/h6-7,12-13,15H,8-11,14,16H2,1-5H3. The molecular formula is C31H32ClN3O6S. The van der Waals surface area contributed by atoms with Crippen LogP contribution in [-0.4, -0.2) is 53.2 Å². The second-order valence-corrected chi connectivity index (χ2v) is 12.7. The third kappa shape index (κ3) is 5.00. The minimum atomic E-state index is -0.775. The van der Waals surface area contributed by atoms with E-state index in [1.807, 2.05) is 32.0 Å². The van der Waals surface area contributed by atoms with Gasteiger partial charge in [0.15, 0.2) is 5.79 Å².